The standard InChI is InChI=1S/C19H28N2O2S/c1-11-8-16(12(2)24-11)17(22)6-7-18(23)21-19-13-4-3-5-14(19)10-15(20)9-13/h8,13-15,19H,3-7,9-10,20H2,1-2H3,(H,21,23). The van der Waals surface area contributed by atoms with E-state index in [4.69, 9.17) is 5.73 Å². The average Bonchev–Trinajstić information content (AvgIpc) is 2.84. The first kappa shape index (κ1) is 17.6. The monoisotopic (exact) mass is 348 g/mol. The molecule has 1 aromatic heterocycles. The minimum absolute atomic E-state index is 0.0188. The Labute approximate surface area is 148 Å². The molecule has 5 heteroatoms. The van der Waals surface area contributed by atoms with Crippen molar-refractivity contribution >= 4 is 23.0 Å². The molecule has 1 aromatic rings. The van der Waals surface area contributed by atoms with Crippen LogP contribution in [-0.2, 0) is 4.79 Å². The van der Waals surface area contributed by atoms with Crippen molar-refractivity contribution < 1.29 is 9.59 Å². The van der Waals surface area contributed by atoms with Gasteiger partial charge in [0.2, 0.25) is 5.91 Å². The largest absolute Gasteiger partial charge is 0.353 e. The molecule has 0 spiro atoms. The SMILES string of the molecule is Cc1cc(C(=O)CCC(=O)NC2C3CCCC2CC(N)C3)c(C)s1. The summed E-state index contributed by atoms with van der Waals surface area (Å²) in [5.74, 6) is 1.14. The van der Waals surface area contributed by atoms with Crippen LogP contribution in [0.1, 0.15) is 65.1 Å². The van der Waals surface area contributed by atoms with E-state index < -0.39 is 0 Å². The van der Waals surface area contributed by atoms with Gasteiger partial charge in [-0.15, -0.1) is 11.3 Å². The second kappa shape index (κ2) is 7.36. The molecular formula is C19H28N2O2S. The van der Waals surface area contributed by atoms with Gasteiger partial charge in [0.1, 0.15) is 0 Å². The number of rotatable bonds is 5. The number of fused-ring (bicyclic) bond motifs is 2. The average molecular weight is 349 g/mol. The van der Waals surface area contributed by atoms with E-state index in [9.17, 15) is 9.59 Å². The van der Waals surface area contributed by atoms with Crippen molar-refractivity contribution in [3.05, 3.63) is 21.4 Å². The van der Waals surface area contributed by atoms with Crippen LogP contribution in [0.3, 0.4) is 0 Å². The Morgan fingerprint density at radius 3 is 2.46 bits per heavy atom. The molecule has 2 atom stereocenters. The van der Waals surface area contributed by atoms with Crippen LogP contribution in [0.5, 0.6) is 0 Å². The maximum Gasteiger partial charge on any atom is 0.220 e. The van der Waals surface area contributed by atoms with Crippen molar-refractivity contribution in [3.63, 3.8) is 0 Å². The van der Waals surface area contributed by atoms with Crippen LogP contribution in [0, 0.1) is 25.7 Å². The zero-order chi connectivity index (χ0) is 17.3. The zero-order valence-corrected chi connectivity index (χ0v) is 15.5. The molecule has 3 rings (SSSR count). The summed E-state index contributed by atoms with van der Waals surface area (Å²) < 4.78 is 0. The molecular weight excluding hydrogens is 320 g/mol. The van der Waals surface area contributed by atoms with Crippen LogP contribution in [0.4, 0.5) is 0 Å². The third kappa shape index (κ3) is 3.89. The minimum atomic E-state index is 0.0188. The summed E-state index contributed by atoms with van der Waals surface area (Å²) in [7, 11) is 0. The maximum absolute atomic E-state index is 12.4. The summed E-state index contributed by atoms with van der Waals surface area (Å²) in [6.45, 7) is 3.98. The van der Waals surface area contributed by atoms with E-state index in [2.05, 4.69) is 5.32 Å². The quantitative estimate of drug-likeness (QED) is 0.802. The summed E-state index contributed by atoms with van der Waals surface area (Å²) >= 11 is 1.64. The van der Waals surface area contributed by atoms with Crippen molar-refractivity contribution in [3.8, 4) is 0 Å². The Morgan fingerprint density at radius 2 is 1.88 bits per heavy atom. The molecule has 4 nitrogen and oxygen atoms in total. The van der Waals surface area contributed by atoms with Gasteiger partial charge in [-0.2, -0.15) is 0 Å². The van der Waals surface area contributed by atoms with Crippen LogP contribution >= 0.6 is 11.3 Å². The highest BCUT2D eigenvalue weighted by Crippen LogP contribution is 2.39. The van der Waals surface area contributed by atoms with Gasteiger partial charge < -0.3 is 11.1 Å². The molecule has 0 aliphatic heterocycles. The summed E-state index contributed by atoms with van der Waals surface area (Å²) in [4.78, 5) is 26.9. The normalized spacial score (nSPS) is 29.3. The van der Waals surface area contributed by atoms with E-state index in [-0.39, 0.29) is 24.2 Å². The molecule has 132 valence electrons. The molecule has 2 bridgehead atoms. The zero-order valence-electron chi connectivity index (χ0n) is 14.6. The van der Waals surface area contributed by atoms with Crippen molar-refractivity contribution in [1.29, 1.82) is 0 Å². The lowest BCUT2D eigenvalue weighted by Gasteiger charge is -2.45. The van der Waals surface area contributed by atoms with Gasteiger partial charge in [-0.3, -0.25) is 9.59 Å². The fourth-order valence-electron chi connectivity index (χ4n) is 4.55. The van der Waals surface area contributed by atoms with E-state index in [0.29, 0.717) is 24.3 Å². The van der Waals surface area contributed by atoms with Gasteiger partial charge in [0, 0.05) is 40.2 Å². The molecule has 0 radical (unpaired) electrons. The molecule has 1 heterocycles. The van der Waals surface area contributed by atoms with Gasteiger partial charge >= 0.3 is 0 Å². The number of ketones is 1. The van der Waals surface area contributed by atoms with Gasteiger partial charge in [-0.25, -0.2) is 0 Å². The van der Waals surface area contributed by atoms with E-state index in [1.54, 1.807) is 11.3 Å². The molecule has 24 heavy (non-hydrogen) atoms. The second-order valence-corrected chi connectivity index (χ2v) is 8.99. The van der Waals surface area contributed by atoms with E-state index >= 15 is 0 Å². The number of hydrogen-bond donors (Lipinski definition) is 2. The molecule has 3 N–H and O–H groups in total. The number of carbonyl (C=O) groups excluding carboxylic acids is 2. The number of Topliss-reactive ketones (excluding diaryl/α,β-unsaturated/α-hetero) is 1. The first-order valence-corrected chi connectivity index (χ1v) is 9.91. The van der Waals surface area contributed by atoms with E-state index in [0.717, 1.165) is 28.2 Å². The number of nitrogens with one attached hydrogen (secondary N) is 1. The fourth-order valence-corrected chi connectivity index (χ4v) is 5.49. The number of nitrogens with two attached hydrogens (primary N) is 1. The number of hydrogen-bond acceptors (Lipinski definition) is 4. The highest BCUT2D eigenvalue weighted by atomic mass is 32.1. The van der Waals surface area contributed by atoms with Gasteiger partial charge in [0.15, 0.2) is 5.78 Å². The third-order valence-corrected chi connectivity index (χ3v) is 6.59. The van der Waals surface area contributed by atoms with Crippen molar-refractivity contribution in [2.45, 2.75) is 70.9 Å². The molecule has 1 amide bonds. The predicted octanol–water partition coefficient (Wildman–Crippen LogP) is 3.35. The Bertz CT molecular complexity index is 611. The molecule has 2 unspecified atom stereocenters. The van der Waals surface area contributed by atoms with Gasteiger partial charge in [-0.1, -0.05) is 6.42 Å². The smallest absolute Gasteiger partial charge is 0.220 e. The van der Waals surface area contributed by atoms with E-state index in [1.165, 1.54) is 19.3 Å². The van der Waals surface area contributed by atoms with Crippen molar-refractivity contribution in [2.24, 2.45) is 17.6 Å². The number of carbonyl (C=O) groups is 2. The van der Waals surface area contributed by atoms with Gasteiger partial charge in [0.25, 0.3) is 0 Å². The van der Waals surface area contributed by atoms with Crippen molar-refractivity contribution in [1.82, 2.24) is 5.32 Å². The molecule has 0 aromatic carbocycles. The number of thiophene rings is 1. The van der Waals surface area contributed by atoms with Crippen LogP contribution in [0.2, 0.25) is 0 Å². The summed E-state index contributed by atoms with van der Waals surface area (Å²) in [5.41, 5.74) is 6.92. The highest BCUT2D eigenvalue weighted by molar-refractivity contribution is 7.12. The van der Waals surface area contributed by atoms with Gasteiger partial charge in [-0.05, 0) is 57.4 Å². The Hall–Kier alpha value is -1.20. The number of aryl methyl sites for hydroxylation is 2. The summed E-state index contributed by atoms with van der Waals surface area (Å²) in [6, 6.07) is 2.50. The third-order valence-electron chi connectivity index (χ3n) is 5.62. The molecule has 2 aliphatic carbocycles. The van der Waals surface area contributed by atoms with Crippen LogP contribution in [0.25, 0.3) is 0 Å². The summed E-state index contributed by atoms with van der Waals surface area (Å²) in [5, 5.41) is 3.22. The lowest BCUT2D eigenvalue weighted by atomic mass is 9.67. The summed E-state index contributed by atoms with van der Waals surface area (Å²) in [6.07, 6.45) is 6.22. The van der Waals surface area contributed by atoms with Crippen LogP contribution < -0.4 is 11.1 Å². The first-order chi connectivity index (χ1) is 11.4. The lowest BCUT2D eigenvalue weighted by molar-refractivity contribution is -0.123. The Morgan fingerprint density at radius 1 is 1.21 bits per heavy atom. The topological polar surface area (TPSA) is 72.2 Å². The molecule has 2 fully saturated rings. The number of amides is 1. The van der Waals surface area contributed by atoms with Crippen molar-refractivity contribution in [2.75, 3.05) is 0 Å². The molecule has 2 aliphatic rings. The lowest BCUT2D eigenvalue weighted by Crippen LogP contribution is -2.53. The van der Waals surface area contributed by atoms with E-state index in [1.807, 2.05) is 19.9 Å². The molecule has 2 saturated carbocycles. The highest BCUT2D eigenvalue weighted by Gasteiger charge is 2.39. The fraction of sp³-hybridized carbons (Fsp3) is 0.684. The first-order valence-electron chi connectivity index (χ1n) is 9.09. The van der Waals surface area contributed by atoms with Crippen LogP contribution in [0.15, 0.2) is 6.07 Å². The second-order valence-electron chi connectivity index (χ2n) is 7.53. The maximum atomic E-state index is 12.4. The Balaban J connectivity index is 1.52. The van der Waals surface area contributed by atoms with Crippen LogP contribution in [-0.4, -0.2) is 23.8 Å². The van der Waals surface area contributed by atoms with Gasteiger partial charge in [0.05, 0.1) is 0 Å². The predicted molar refractivity (Wildman–Crippen MR) is 97.3 cm³/mol. The minimum Gasteiger partial charge on any atom is -0.353 e. The molecule has 0 saturated heterocycles. The Kier molecular flexibility index (Phi) is 5.40.